The van der Waals surface area contributed by atoms with Crippen LogP contribution in [0.3, 0.4) is 0 Å². The van der Waals surface area contributed by atoms with Gasteiger partial charge in [-0.15, -0.1) is 0 Å². The average molecular weight is 211 g/mol. The first-order chi connectivity index (χ1) is 7.86. The molecule has 0 saturated heterocycles. The first-order valence-corrected chi connectivity index (χ1v) is 5.32. The lowest BCUT2D eigenvalue weighted by molar-refractivity contribution is 0.709. The van der Waals surface area contributed by atoms with Crippen LogP contribution in [0.25, 0.3) is 10.8 Å². The van der Waals surface area contributed by atoms with E-state index in [0.29, 0.717) is 0 Å². The predicted octanol–water partition coefficient (Wildman–Crippen LogP) is 1.96. The number of hydrogen-bond donors (Lipinski definition) is 2. The topological polar surface area (TPSA) is 41.3 Å². The Hall–Kier alpha value is -2.00. The molecular weight excluding hydrogens is 198 g/mol. The van der Waals surface area contributed by atoms with Crippen molar-refractivity contribution in [2.75, 3.05) is 5.01 Å². The highest BCUT2D eigenvalue weighted by atomic mass is 15.6. The Bertz CT molecular complexity index is 542. The Morgan fingerprint density at radius 2 is 1.88 bits per heavy atom. The third-order valence-electron chi connectivity index (χ3n) is 2.83. The molecule has 0 radical (unpaired) electrons. The summed E-state index contributed by atoms with van der Waals surface area (Å²) in [7, 11) is 0. The van der Waals surface area contributed by atoms with Crippen molar-refractivity contribution in [1.29, 1.82) is 0 Å². The van der Waals surface area contributed by atoms with Gasteiger partial charge < -0.3 is 11.2 Å². The fourth-order valence-electron chi connectivity index (χ4n) is 2.04. The monoisotopic (exact) mass is 211 g/mol. The van der Waals surface area contributed by atoms with Crippen molar-refractivity contribution < 1.29 is 0 Å². The lowest BCUT2D eigenvalue weighted by Gasteiger charge is -2.25. The third kappa shape index (κ3) is 1.33. The second-order valence-electron chi connectivity index (χ2n) is 3.85. The van der Waals surface area contributed by atoms with Crippen LogP contribution in [0.5, 0.6) is 0 Å². The Balaban J connectivity index is 2.16. The van der Waals surface area contributed by atoms with Crippen molar-refractivity contribution in [2.45, 2.75) is 6.17 Å². The lowest BCUT2D eigenvalue weighted by Crippen LogP contribution is -2.42. The molecule has 3 N–H and O–H groups in total. The minimum absolute atomic E-state index is 0.106. The minimum atomic E-state index is -0.106. The molecule has 1 aliphatic heterocycles. The zero-order chi connectivity index (χ0) is 11.0. The summed E-state index contributed by atoms with van der Waals surface area (Å²) in [5, 5.41) is 4.39. The van der Waals surface area contributed by atoms with Gasteiger partial charge in [0, 0.05) is 11.6 Å². The van der Waals surface area contributed by atoms with Gasteiger partial charge in [-0.1, -0.05) is 36.4 Å². The minimum Gasteiger partial charge on any atom is -0.306 e. The van der Waals surface area contributed by atoms with E-state index in [1.165, 1.54) is 10.8 Å². The summed E-state index contributed by atoms with van der Waals surface area (Å²) in [6.45, 7) is 0. The number of hydrogen-bond acceptors (Lipinski definition) is 3. The van der Waals surface area contributed by atoms with Gasteiger partial charge in [0.15, 0.2) is 0 Å². The molecule has 0 amide bonds. The van der Waals surface area contributed by atoms with Crippen LogP contribution in [-0.2, 0) is 0 Å². The molecule has 2 aromatic carbocycles. The molecule has 3 rings (SSSR count). The lowest BCUT2D eigenvalue weighted by atomic mass is 10.1. The van der Waals surface area contributed by atoms with Gasteiger partial charge in [0.05, 0.1) is 5.69 Å². The van der Waals surface area contributed by atoms with Crippen LogP contribution in [0.4, 0.5) is 5.69 Å². The predicted molar refractivity (Wildman–Crippen MR) is 66.7 cm³/mol. The van der Waals surface area contributed by atoms with E-state index in [1.54, 1.807) is 0 Å². The first kappa shape index (κ1) is 9.24. The smallest absolute Gasteiger partial charge is 0.118 e. The van der Waals surface area contributed by atoms with Crippen LogP contribution in [0.15, 0.2) is 54.7 Å². The van der Waals surface area contributed by atoms with E-state index in [9.17, 15) is 0 Å². The summed E-state index contributed by atoms with van der Waals surface area (Å²) in [6, 6.07) is 14.5. The largest absolute Gasteiger partial charge is 0.306 e. The molecule has 0 saturated carbocycles. The average Bonchev–Trinajstić information content (AvgIpc) is 2.75. The highest BCUT2D eigenvalue weighted by Crippen LogP contribution is 2.27. The molecular formula is C13H13N3. The van der Waals surface area contributed by atoms with Crippen LogP contribution in [-0.4, -0.2) is 6.17 Å². The molecule has 80 valence electrons. The van der Waals surface area contributed by atoms with Crippen LogP contribution in [0.2, 0.25) is 0 Å². The molecule has 1 atom stereocenters. The quantitative estimate of drug-likeness (QED) is 0.757. The van der Waals surface area contributed by atoms with E-state index in [4.69, 9.17) is 5.73 Å². The highest BCUT2D eigenvalue weighted by Gasteiger charge is 2.17. The van der Waals surface area contributed by atoms with Crippen LogP contribution in [0.1, 0.15) is 0 Å². The molecule has 2 aromatic rings. The number of hydrazine groups is 1. The van der Waals surface area contributed by atoms with Crippen molar-refractivity contribution in [3.05, 3.63) is 54.7 Å². The van der Waals surface area contributed by atoms with E-state index in [2.05, 4.69) is 29.7 Å². The van der Waals surface area contributed by atoms with Gasteiger partial charge in [0.25, 0.3) is 0 Å². The molecule has 3 nitrogen and oxygen atoms in total. The number of nitrogens with one attached hydrogen (secondary N) is 1. The van der Waals surface area contributed by atoms with Gasteiger partial charge in [-0.3, -0.25) is 5.01 Å². The molecule has 0 aliphatic carbocycles. The van der Waals surface area contributed by atoms with Gasteiger partial charge in [0.1, 0.15) is 6.17 Å². The molecule has 0 bridgehead atoms. The van der Waals surface area contributed by atoms with Crippen LogP contribution < -0.4 is 16.2 Å². The molecule has 3 heteroatoms. The standard InChI is InChI=1S/C13H13N3/c14-13-8-9-15-16(13)12-7-3-5-10-4-1-2-6-11(10)12/h1-9,13,15H,14H2. The molecule has 1 heterocycles. The number of rotatable bonds is 1. The van der Waals surface area contributed by atoms with Crippen LogP contribution >= 0.6 is 0 Å². The Kier molecular flexibility index (Phi) is 2.04. The number of nitrogens with zero attached hydrogens (tertiary/aromatic N) is 1. The van der Waals surface area contributed by atoms with Gasteiger partial charge in [-0.05, 0) is 17.5 Å². The van der Waals surface area contributed by atoms with E-state index in [0.717, 1.165) is 5.69 Å². The normalized spacial score (nSPS) is 19.1. The molecule has 1 aliphatic rings. The van der Waals surface area contributed by atoms with E-state index >= 15 is 0 Å². The zero-order valence-corrected chi connectivity index (χ0v) is 8.80. The van der Waals surface area contributed by atoms with Crippen molar-refractivity contribution in [2.24, 2.45) is 5.73 Å². The van der Waals surface area contributed by atoms with E-state index < -0.39 is 0 Å². The van der Waals surface area contributed by atoms with Gasteiger partial charge in [-0.2, -0.15) is 0 Å². The highest BCUT2D eigenvalue weighted by molar-refractivity contribution is 5.94. The van der Waals surface area contributed by atoms with Crippen molar-refractivity contribution in [3.8, 4) is 0 Å². The number of fused-ring (bicyclic) bond motifs is 1. The van der Waals surface area contributed by atoms with Crippen LogP contribution in [0, 0.1) is 0 Å². The Labute approximate surface area is 94.1 Å². The van der Waals surface area contributed by atoms with E-state index in [-0.39, 0.29) is 6.17 Å². The SMILES string of the molecule is NC1C=CNN1c1cccc2ccccc12. The Morgan fingerprint density at radius 1 is 1.06 bits per heavy atom. The fraction of sp³-hybridized carbons (Fsp3) is 0.0769. The molecule has 0 fully saturated rings. The van der Waals surface area contributed by atoms with Crippen molar-refractivity contribution in [3.63, 3.8) is 0 Å². The zero-order valence-electron chi connectivity index (χ0n) is 8.80. The summed E-state index contributed by atoms with van der Waals surface area (Å²) in [5.74, 6) is 0. The maximum Gasteiger partial charge on any atom is 0.118 e. The molecule has 16 heavy (non-hydrogen) atoms. The second kappa shape index (κ2) is 3.54. The van der Waals surface area contributed by atoms with Crippen molar-refractivity contribution in [1.82, 2.24) is 5.43 Å². The summed E-state index contributed by atoms with van der Waals surface area (Å²) >= 11 is 0. The molecule has 0 spiro atoms. The van der Waals surface area contributed by atoms with E-state index in [1.807, 2.05) is 35.5 Å². The molecule has 1 unspecified atom stereocenters. The fourth-order valence-corrected chi connectivity index (χ4v) is 2.04. The summed E-state index contributed by atoms with van der Waals surface area (Å²) in [5.41, 5.74) is 10.2. The number of nitrogens with two attached hydrogens (primary N) is 1. The Morgan fingerprint density at radius 3 is 2.69 bits per heavy atom. The van der Waals surface area contributed by atoms with Gasteiger partial charge >= 0.3 is 0 Å². The second-order valence-corrected chi connectivity index (χ2v) is 3.85. The summed E-state index contributed by atoms with van der Waals surface area (Å²) in [4.78, 5) is 0. The maximum atomic E-state index is 5.98. The van der Waals surface area contributed by atoms with Gasteiger partial charge in [0.2, 0.25) is 0 Å². The maximum absolute atomic E-state index is 5.98. The van der Waals surface area contributed by atoms with Crippen molar-refractivity contribution >= 4 is 16.5 Å². The number of anilines is 1. The summed E-state index contributed by atoms with van der Waals surface area (Å²) in [6.07, 6.45) is 3.69. The van der Waals surface area contributed by atoms with Gasteiger partial charge in [-0.25, -0.2) is 0 Å². The molecule has 0 aromatic heterocycles. The number of benzene rings is 2. The third-order valence-corrected chi connectivity index (χ3v) is 2.83. The first-order valence-electron chi connectivity index (χ1n) is 5.32. The summed E-state index contributed by atoms with van der Waals surface area (Å²) < 4.78 is 0.